The van der Waals surface area contributed by atoms with Gasteiger partial charge >= 0.3 is 0 Å². The van der Waals surface area contributed by atoms with E-state index in [9.17, 15) is 0 Å². The maximum atomic E-state index is 6.55. The van der Waals surface area contributed by atoms with E-state index < -0.39 is 0 Å². The van der Waals surface area contributed by atoms with E-state index in [0.29, 0.717) is 18.2 Å². The lowest BCUT2D eigenvalue weighted by Gasteiger charge is -2.22. The molecule has 1 saturated carbocycles. The zero-order valence-corrected chi connectivity index (χ0v) is 12.3. The van der Waals surface area contributed by atoms with Crippen molar-refractivity contribution in [3.8, 4) is 11.5 Å². The van der Waals surface area contributed by atoms with Gasteiger partial charge in [-0.1, -0.05) is 37.3 Å². The van der Waals surface area contributed by atoms with Crippen molar-refractivity contribution in [1.82, 2.24) is 0 Å². The Hall–Kier alpha value is -0.600. The van der Waals surface area contributed by atoms with Crippen LogP contribution in [0.3, 0.4) is 0 Å². The molecule has 1 fully saturated rings. The van der Waals surface area contributed by atoms with Gasteiger partial charge in [0.05, 0.1) is 5.38 Å². The minimum Gasteiger partial charge on any atom is -0.486 e. The molecular formula is C15H18Cl2O2. The lowest BCUT2D eigenvalue weighted by atomic mass is 9.97. The van der Waals surface area contributed by atoms with Crippen molar-refractivity contribution in [2.24, 2.45) is 5.92 Å². The van der Waals surface area contributed by atoms with E-state index in [4.69, 9.17) is 32.7 Å². The summed E-state index contributed by atoms with van der Waals surface area (Å²) in [6, 6.07) is 3.78. The predicted octanol–water partition coefficient (Wildman–Crippen LogP) is 4.97. The van der Waals surface area contributed by atoms with Gasteiger partial charge in [-0.25, -0.2) is 0 Å². The molecule has 1 heterocycles. The average Bonchev–Trinajstić information content (AvgIpc) is 2.90. The summed E-state index contributed by atoms with van der Waals surface area (Å²) in [4.78, 5) is 0. The smallest absolute Gasteiger partial charge is 0.162 e. The van der Waals surface area contributed by atoms with Crippen LogP contribution in [0.2, 0.25) is 5.02 Å². The first-order valence-electron chi connectivity index (χ1n) is 6.97. The van der Waals surface area contributed by atoms with Crippen LogP contribution in [0.1, 0.15) is 43.0 Å². The second-order valence-electron chi connectivity index (χ2n) is 5.37. The molecule has 1 aliphatic heterocycles. The van der Waals surface area contributed by atoms with E-state index in [1.807, 2.05) is 12.1 Å². The molecule has 2 aliphatic rings. The minimum absolute atomic E-state index is 0.0357. The molecule has 2 nitrogen and oxygen atoms in total. The normalized spacial score (nSPS) is 20.5. The number of alkyl halides is 1. The highest BCUT2D eigenvalue weighted by Gasteiger charge is 2.23. The van der Waals surface area contributed by atoms with E-state index >= 15 is 0 Å². The maximum Gasteiger partial charge on any atom is 0.162 e. The molecule has 0 aromatic heterocycles. The SMILES string of the molecule is Clc1cc2c(cc1C(Cl)CC1CCCC1)OCCO2. The van der Waals surface area contributed by atoms with Crippen LogP contribution in [-0.2, 0) is 0 Å². The zero-order chi connectivity index (χ0) is 13.2. The van der Waals surface area contributed by atoms with Crippen LogP contribution in [0.15, 0.2) is 12.1 Å². The minimum atomic E-state index is -0.0357. The number of fused-ring (bicyclic) bond motifs is 1. The first kappa shape index (κ1) is 13.4. The molecule has 19 heavy (non-hydrogen) atoms. The third-order valence-electron chi connectivity index (χ3n) is 4.01. The number of rotatable bonds is 3. The van der Waals surface area contributed by atoms with E-state index in [1.165, 1.54) is 25.7 Å². The van der Waals surface area contributed by atoms with E-state index in [1.54, 1.807) is 0 Å². The highest BCUT2D eigenvalue weighted by atomic mass is 35.5. The van der Waals surface area contributed by atoms with Crippen molar-refractivity contribution in [2.45, 2.75) is 37.5 Å². The molecule has 1 aromatic rings. The maximum absolute atomic E-state index is 6.55. The van der Waals surface area contributed by atoms with Crippen LogP contribution in [0, 0.1) is 5.92 Å². The van der Waals surface area contributed by atoms with Gasteiger partial charge in [0.1, 0.15) is 13.2 Å². The van der Waals surface area contributed by atoms with Crippen LogP contribution in [0.25, 0.3) is 0 Å². The molecule has 0 amide bonds. The Bertz CT molecular complexity index is 456. The number of ether oxygens (including phenoxy) is 2. The molecule has 0 radical (unpaired) electrons. The summed E-state index contributed by atoms with van der Waals surface area (Å²) in [6.07, 6.45) is 6.27. The van der Waals surface area contributed by atoms with Gasteiger partial charge in [0.2, 0.25) is 0 Å². The fourth-order valence-electron chi connectivity index (χ4n) is 2.99. The topological polar surface area (TPSA) is 18.5 Å². The predicted molar refractivity (Wildman–Crippen MR) is 77.6 cm³/mol. The quantitative estimate of drug-likeness (QED) is 0.734. The van der Waals surface area contributed by atoms with Crippen molar-refractivity contribution in [3.05, 3.63) is 22.7 Å². The monoisotopic (exact) mass is 300 g/mol. The van der Waals surface area contributed by atoms with Crippen molar-refractivity contribution in [2.75, 3.05) is 13.2 Å². The van der Waals surface area contributed by atoms with Crippen LogP contribution in [0.4, 0.5) is 0 Å². The van der Waals surface area contributed by atoms with Crippen LogP contribution in [0.5, 0.6) is 11.5 Å². The van der Waals surface area contributed by atoms with E-state index in [0.717, 1.165) is 29.4 Å². The summed E-state index contributed by atoms with van der Waals surface area (Å²) in [6.45, 7) is 1.17. The zero-order valence-electron chi connectivity index (χ0n) is 10.8. The Morgan fingerprint density at radius 2 is 1.74 bits per heavy atom. The molecule has 0 N–H and O–H groups in total. The average molecular weight is 301 g/mol. The highest BCUT2D eigenvalue weighted by molar-refractivity contribution is 6.33. The van der Waals surface area contributed by atoms with Crippen LogP contribution in [-0.4, -0.2) is 13.2 Å². The second-order valence-corrected chi connectivity index (χ2v) is 6.31. The van der Waals surface area contributed by atoms with Crippen molar-refractivity contribution < 1.29 is 9.47 Å². The molecule has 0 spiro atoms. The Morgan fingerprint density at radius 1 is 1.11 bits per heavy atom. The molecule has 4 heteroatoms. The van der Waals surface area contributed by atoms with E-state index in [-0.39, 0.29) is 5.38 Å². The van der Waals surface area contributed by atoms with Crippen molar-refractivity contribution in [3.63, 3.8) is 0 Å². The molecule has 1 unspecified atom stereocenters. The van der Waals surface area contributed by atoms with E-state index in [2.05, 4.69) is 0 Å². The van der Waals surface area contributed by atoms with Gasteiger partial charge in [-0.15, -0.1) is 11.6 Å². The number of halogens is 2. The standard InChI is InChI=1S/C15H18Cl2O2/c16-12(7-10-3-1-2-4-10)11-8-14-15(9-13(11)17)19-6-5-18-14/h8-10,12H,1-7H2. The number of benzene rings is 1. The van der Waals surface area contributed by atoms with Gasteiger partial charge in [0, 0.05) is 11.1 Å². The summed E-state index contributed by atoms with van der Waals surface area (Å²) in [5.41, 5.74) is 0.972. The molecule has 0 saturated heterocycles. The van der Waals surface area contributed by atoms with Gasteiger partial charge in [-0.2, -0.15) is 0 Å². The first-order valence-corrected chi connectivity index (χ1v) is 7.78. The fraction of sp³-hybridized carbons (Fsp3) is 0.600. The molecule has 1 atom stereocenters. The van der Waals surface area contributed by atoms with Gasteiger partial charge in [-0.3, -0.25) is 0 Å². The summed E-state index contributed by atoms with van der Waals surface area (Å²) in [5, 5.41) is 0.647. The molecule has 3 rings (SSSR count). The molecule has 104 valence electrons. The third kappa shape index (κ3) is 2.95. The second kappa shape index (κ2) is 5.80. The highest BCUT2D eigenvalue weighted by Crippen LogP contribution is 2.43. The first-order chi connectivity index (χ1) is 9.24. The number of hydrogen-bond donors (Lipinski definition) is 0. The summed E-state index contributed by atoms with van der Waals surface area (Å²) >= 11 is 12.9. The summed E-state index contributed by atoms with van der Waals surface area (Å²) < 4.78 is 11.1. The van der Waals surface area contributed by atoms with Gasteiger partial charge in [0.25, 0.3) is 0 Å². The lowest BCUT2D eigenvalue weighted by molar-refractivity contribution is 0.171. The summed E-state index contributed by atoms with van der Waals surface area (Å²) in [7, 11) is 0. The Morgan fingerprint density at radius 3 is 2.42 bits per heavy atom. The van der Waals surface area contributed by atoms with Gasteiger partial charge in [0.15, 0.2) is 11.5 Å². The third-order valence-corrected chi connectivity index (χ3v) is 4.75. The summed E-state index contributed by atoms with van der Waals surface area (Å²) in [5.74, 6) is 2.24. The lowest BCUT2D eigenvalue weighted by Crippen LogP contribution is -2.15. The largest absolute Gasteiger partial charge is 0.486 e. The van der Waals surface area contributed by atoms with Crippen molar-refractivity contribution >= 4 is 23.2 Å². The molecular weight excluding hydrogens is 283 g/mol. The molecule has 1 aliphatic carbocycles. The Labute approximate surface area is 124 Å². The Balaban J connectivity index is 1.78. The van der Waals surface area contributed by atoms with Gasteiger partial charge < -0.3 is 9.47 Å². The van der Waals surface area contributed by atoms with Crippen molar-refractivity contribution in [1.29, 1.82) is 0 Å². The Kier molecular flexibility index (Phi) is 4.09. The molecule has 1 aromatic carbocycles. The van der Waals surface area contributed by atoms with Gasteiger partial charge in [-0.05, 0) is 24.0 Å². The van der Waals surface area contributed by atoms with Crippen LogP contribution < -0.4 is 9.47 Å². The molecule has 0 bridgehead atoms. The van der Waals surface area contributed by atoms with Crippen LogP contribution >= 0.6 is 23.2 Å². The fourth-order valence-corrected chi connectivity index (χ4v) is 3.76. The number of hydrogen-bond acceptors (Lipinski definition) is 2.